The third-order valence-electron chi connectivity index (χ3n) is 8.06. The number of amides is 2. The zero-order valence-corrected chi connectivity index (χ0v) is 28.6. The Bertz CT molecular complexity index is 2430. The molecule has 0 unspecified atom stereocenters. The quantitative estimate of drug-likeness (QED) is 0.148. The Kier molecular flexibility index (Phi) is 9.73. The third kappa shape index (κ3) is 7.38. The lowest BCUT2D eigenvalue weighted by molar-refractivity contribution is 0.0989. The highest BCUT2D eigenvalue weighted by atomic mass is 35.5. The third-order valence-corrected chi connectivity index (χ3v) is 8.72. The number of carbonyl (C=O) groups excluding carboxylic acids is 2. The molecule has 52 heavy (non-hydrogen) atoms. The molecule has 8 rings (SSSR count). The molecule has 0 bridgehead atoms. The van der Waals surface area contributed by atoms with Gasteiger partial charge < -0.3 is 25.2 Å². The van der Waals surface area contributed by atoms with E-state index in [1.54, 1.807) is 72.9 Å². The van der Waals surface area contributed by atoms with Crippen LogP contribution in [0.1, 0.15) is 54.5 Å². The van der Waals surface area contributed by atoms with Crippen molar-refractivity contribution in [2.75, 3.05) is 10.6 Å². The molecule has 256 valence electrons. The van der Waals surface area contributed by atoms with Crippen LogP contribution in [-0.4, -0.2) is 33.2 Å². The molecule has 0 fully saturated rings. The van der Waals surface area contributed by atoms with Gasteiger partial charge in [0.25, 0.3) is 11.8 Å². The van der Waals surface area contributed by atoms with Gasteiger partial charge in [-0.1, -0.05) is 23.2 Å². The standard InChI is InChI=1S/C19H15ClN4O2.C19H11ClN4O2/c2*20-15-4-3-13(23-19(25)17-2-1-5-26-17)8-14(15)16-7-12-6-11(9-21)10-22-18(12)24-16/h1-6,8,10H,7,9,21H2,(H,23,25);1-6,8,10H,7H2,(H,23,25). The number of aromatic nitrogens is 2. The average molecular weight is 730 g/mol. The first-order valence-electron chi connectivity index (χ1n) is 15.8. The van der Waals surface area contributed by atoms with Crippen molar-refractivity contribution in [3.63, 3.8) is 0 Å². The number of hydrogen-bond donors (Lipinski definition) is 3. The number of nitrogens with one attached hydrogen (secondary N) is 2. The monoisotopic (exact) mass is 728 g/mol. The van der Waals surface area contributed by atoms with Crippen LogP contribution in [0.2, 0.25) is 10.0 Å². The number of benzene rings is 2. The Balaban J connectivity index is 0.000000162. The van der Waals surface area contributed by atoms with Gasteiger partial charge in [-0.3, -0.25) is 9.59 Å². The molecule has 6 heterocycles. The summed E-state index contributed by atoms with van der Waals surface area (Å²) in [5.74, 6) is 1.05. The van der Waals surface area contributed by atoms with Gasteiger partial charge in [-0.15, -0.1) is 0 Å². The van der Waals surface area contributed by atoms with Crippen LogP contribution in [0.5, 0.6) is 0 Å². The zero-order valence-electron chi connectivity index (χ0n) is 27.1. The molecule has 2 aromatic carbocycles. The second kappa shape index (κ2) is 14.8. The fraction of sp³-hybridized carbons (Fsp3) is 0.0789. The molecule has 0 atom stereocenters. The molecule has 12 nitrogen and oxygen atoms in total. The molecule has 0 aliphatic carbocycles. The maximum atomic E-state index is 12.2. The van der Waals surface area contributed by atoms with Gasteiger partial charge in [-0.25, -0.2) is 20.0 Å². The van der Waals surface area contributed by atoms with E-state index in [0.717, 1.165) is 33.7 Å². The van der Waals surface area contributed by atoms with E-state index in [-0.39, 0.29) is 23.3 Å². The number of fused-ring (bicyclic) bond motifs is 2. The van der Waals surface area contributed by atoms with E-state index in [4.69, 9.17) is 43.0 Å². The summed E-state index contributed by atoms with van der Waals surface area (Å²) in [5.41, 5.74) is 13.2. The first kappa shape index (κ1) is 34.1. The molecule has 2 aliphatic heterocycles. The van der Waals surface area contributed by atoms with Gasteiger partial charge in [0, 0.05) is 75.5 Å². The predicted octanol–water partition coefficient (Wildman–Crippen LogP) is 7.84. The summed E-state index contributed by atoms with van der Waals surface area (Å²) < 4.78 is 10.2. The molecule has 0 radical (unpaired) electrons. The van der Waals surface area contributed by atoms with E-state index < -0.39 is 0 Å². The second-order valence-electron chi connectivity index (χ2n) is 11.6. The molecule has 0 spiro atoms. The average Bonchev–Trinajstić information content (AvgIpc) is 3.99. The van der Waals surface area contributed by atoms with Gasteiger partial charge in [0.2, 0.25) is 0 Å². The Morgan fingerprint density at radius 3 is 1.75 bits per heavy atom. The van der Waals surface area contributed by atoms with Crippen molar-refractivity contribution in [2.24, 2.45) is 15.7 Å². The largest absolute Gasteiger partial charge is 0.459 e. The van der Waals surface area contributed by atoms with Crippen molar-refractivity contribution in [1.29, 1.82) is 5.26 Å². The van der Waals surface area contributed by atoms with Crippen LogP contribution < -0.4 is 16.4 Å². The molecule has 0 saturated carbocycles. The van der Waals surface area contributed by atoms with Crippen molar-refractivity contribution in [3.8, 4) is 6.07 Å². The van der Waals surface area contributed by atoms with Crippen LogP contribution in [0.4, 0.5) is 23.0 Å². The lowest BCUT2D eigenvalue weighted by atomic mass is 10.0. The molecule has 2 aliphatic rings. The molecular formula is C38H26Cl2N8O4. The van der Waals surface area contributed by atoms with Gasteiger partial charge in [0.15, 0.2) is 23.2 Å². The van der Waals surface area contributed by atoms with Gasteiger partial charge in [-0.05, 0) is 78.4 Å². The van der Waals surface area contributed by atoms with Crippen molar-refractivity contribution < 1.29 is 18.4 Å². The summed E-state index contributed by atoms with van der Waals surface area (Å²) >= 11 is 12.7. The van der Waals surface area contributed by atoms with Gasteiger partial charge in [0.05, 0.1) is 29.5 Å². The fourth-order valence-corrected chi connectivity index (χ4v) is 6.00. The van der Waals surface area contributed by atoms with Gasteiger partial charge >= 0.3 is 0 Å². The Morgan fingerprint density at radius 1 is 0.750 bits per heavy atom. The number of furan rings is 2. The van der Waals surface area contributed by atoms with E-state index in [2.05, 4.69) is 36.7 Å². The summed E-state index contributed by atoms with van der Waals surface area (Å²) in [6.07, 6.45) is 7.25. The maximum Gasteiger partial charge on any atom is 0.291 e. The predicted molar refractivity (Wildman–Crippen MR) is 197 cm³/mol. The minimum Gasteiger partial charge on any atom is -0.459 e. The Morgan fingerprint density at radius 2 is 1.27 bits per heavy atom. The van der Waals surface area contributed by atoms with Crippen LogP contribution in [0.3, 0.4) is 0 Å². The number of anilines is 2. The Hall–Kier alpha value is -6.39. The molecule has 2 amide bonds. The number of pyridine rings is 2. The molecule has 6 aromatic rings. The van der Waals surface area contributed by atoms with Crippen LogP contribution in [-0.2, 0) is 19.4 Å². The van der Waals surface area contributed by atoms with E-state index >= 15 is 0 Å². The van der Waals surface area contributed by atoms with Crippen molar-refractivity contribution in [1.82, 2.24) is 9.97 Å². The summed E-state index contributed by atoms with van der Waals surface area (Å²) in [4.78, 5) is 41.9. The minimum atomic E-state index is -0.347. The molecule has 4 aromatic heterocycles. The highest BCUT2D eigenvalue weighted by Crippen LogP contribution is 2.33. The van der Waals surface area contributed by atoms with Crippen LogP contribution in [0.25, 0.3) is 0 Å². The Labute approximate surface area is 306 Å². The summed E-state index contributed by atoms with van der Waals surface area (Å²) in [7, 11) is 0. The van der Waals surface area contributed by atoms with Crippen LogP contribution in [0, 0.1) is 11.3 Å². The molecule has 4 N–H and O–H groups in total. The number of hydrogen-bond acceptors (Lipinski definition) is 10. The lowest BCUT2D eigenvalue weighted by Crippen LogP contribution is -2.12. The van der Waals surface area contributed by atoms with Crippen LogP contribution in [0.15, 0.2) is 117 Å². The van der Waals surface area contributed by atoms with E-state index in [1.807, 2.05) is 6.07 Å². The van der Waals surface area contributed by atoms with Crippen LogP contribution >= 0.6 is 23.2 Å². The van der Waals surface area contributed by atoms with Gasteiger partial charge in [0.1, 0.15) is 6.07 Å². The van der Waals surface area contributed by atoms with E-state index in [1.165, 1.54) is 18.7 Å². The minimum absolute atomic E-state index is 0.223. The summed E-state index contributed by atoms with van der Waals surface area (Å²) in [6.45, 7) is 0.435. The first-order valence-corrected chi connectivity index (χ1v) is 16.5. The lowest BCUT2D eigenvalue weighted by Gasteiger charge is -2.08. The fourth-order valence-electron chi connectivity index (χ4n) is 5.55. The normalized spacial score (nSPS) is 12.4. The van der Waals surface area contributed by atoms with Gasteiger partial charge in [-0.2, -0.15) is 5.26 Å². The van der Waals surface area contributed by atoms with Crippen molar-refractivity contribution in [2.45, 2.75) is 19.4 Å². The molecule has 14 heteroatoms. The number of nitrogens with zero attached hydrogens (tertiary/aromatic N) is 5. The van der Waals surface area contributed by atoms with Crippen molar-refractivity contribution >= 4 is 69.5 Å². The molecular weight excluding hydrogens is 703 g/mol. The maximum absolute atomic E-state index is 12.2. The highest BCUT2D eigenvalue weighted by Gasteiger charge is 2.22. The highest BCUT2D eigenvalue weighted by molar-refractivity contribution is 6.35. The number of rotatable bonds is 7. The first-order chi connectivity index (χ1) is 25.3. The number of carbonyl (C=O) groups is 2. The number of halogens is 2. The zero-order chi connectivity index (χ0) is 36.2. The number of nitriles is 1. The number of aliphatic imine (C=N–C) groups is 2. The SMILES string of the molecule is N#Cc1cnc2c(c1)CC(c1cc(NC(=O)c3ccco3)ccc1Cl)=N2.NCc1cnc2c(c1)CC(c1cc(NC(=O)c3ccco3)ccc1Cl)=N2. The smallest absolute Gasteiger partial charge is 0.291 e. The summed E-state index contributed by atoms with van der Waals surface area (Å²) in [6, 6.07) is 22.8. The number of nitrogens with two attached hydrogens (primary N) is 1. The van der Waals surface area contributed by atoms with E-state index in [9.17, 15) is 9.59 Å². The molecule has 0 saturated heterocycles. The summed E-state index contributed by atoms with van der Waals surface area (Å²) in [5, 5.41) is 15.6. The second-order valence-corrected chi connectivity index (χ2v) is 12.4. The topological polar surface area (TPSA) is 185 Å². The van der Waals surface area contributed by atoms with E-state index in [0.29, 0.717) is 63.6 Å². The van der Waals surface area contributed by atoms with Crippen molar-refractivity contribution in [3.05, 3.63) is 153 Å².